The lowest BCUT2D eigenvalue weighted by Crippen LogP contribution is -2.53. The van der Waals surface area contributed by atoms with Gasteiger partial charge >= 0.3 is 0 Å². The SMILES string of the molecule is CCC(C(=O)NC(C)C)N(Cc1ccccc1Cl)C(=O)CN(c1ccc(Cl)cc1C)S(C)(=O)=O. The van der Waals surface area contributed by atoms with Gasteiger partial charge in [-0.2, -0.15) is 0 Å². The van der Waals surface area contributed by atoms with Gasteiger partial charge in [-0.3, -0.25) is 13.9 Å². The second-order valence-corrected chi connectivity index (χ2v) is 11.2. The van der Waals surface area contributed by atoms with E-state index in [1.165, 1.54) is 4.90 Å². The van der Waals surface area contributed by atoms with Crippen LogP contribution in [-0.4, -0.2) is 50.0 Å². The second-order valence-electron chi connectivity index (χ2n) is 8.40. The van der Waals surface area contributed by atoms with E-state index in [9.17, 15) is 18.0 Å². The lowest BCUT2D eigenvalue weighted by molar-refractivity contribution is -0.140. The number of carbonyl (C=O) groups is 2. The van der Waals surface area contributed by atoms with Crippen molar-refractivity contribution < 1.29 is 18.0 Å². The molecule has 2 aromatic carbocycles. The molecule has 0 heterocycles. The molecule has 0 aliphatic heterocycles. The van der Waals surface area contributed by atoms with Crippen LogP contribution in [0.1, 0.15) is 38.3 Å². The molecule has 2 amide bonds. The maximum atomic E-state index is 13.6. The van der Waals surface area contributed by atoms with Gasteiger partial charge in [-0.05, 0) is 62.6 Å². The van der Waals surface area contributed by atoms with Crippen molar-refractivity contribution in [3.63, 3.8) is 0 Å². The third-order valence-corrected chi connectivity index (χ3v) is 6.95. The summed E-state index contributed by atoms with van der Waals surface area (Å²) in [6.07, 6.45) is 1.38. The van der Waals surface area contributed by atoms with Crippen molar-refractivity contribution in [1.82, 2.24) is 10.2 Å². The van der Waals surface area contributed by atoms with Crippen LogP contribution in [0.3, 0.4) is 0 Å². The second kappa shape index (κ2) is 11.9. The summed E-state index contributed by atoms with van der Waals surface area (Å²) in [5.74, 6) is -0.836. The zero-order valence-electron chi connectivity index (χ0n) is 20.0. The monoisotopic (exact) mass is 527 g/mol. The molecule has 0 saturated carbocycles. The van der Waals surface area contributed by atoms with E-state index < -0.39 is 28.5 Å². The molecule has 0 bridgehead atoms. The lowest BCUT2D eigenvalue weighted by Gasteiger charge is -2.33. The van der Waals surface area contributed by atoms with Crippen molar-refractivity contribution in [2.75, 3.05) is 17.1 Å². The van der Waals surface area contributed by atoms with E-state index in [1.54, 1.807) is 56.3 Å². The molecule has 0 spiro atoms. The van der Waals surface area contributed by atoms with Crippen LogP contribution in [0.5, 0.6) is 0 Å². The fraction of sp³-hybridized carbons (Fsp3) is 0.417. The molecule has 0 fully saturated rings. The number of benzene rings is 2. The van der Waals surface area contributed by atoms with Gasteiger partial charge in [0, 0.05) is 22.6 Å². The summed E-state index contributed by atoms with van der Waals surface area (Å²) in [7, 11) is -3.82. The van der Waals surface area contributed by atoms with E-state index >= 15 is 0 Å². The molecule has 2 rings (SSSR count). The fourth-order valence-electron chi connectivity index (χ4n) is 3.60. The van der Waals surface area contributed by atoms with Crippen LogP contribution in [0.25, 0.3) is 0 Å². The highest BCUT2D eigenvalue weighted by atomic mass is 35.5. The van der Waals surface area contributed by atoms with E-state index in [0.717, 1.165) is 10.6 Å². The summed E-state index contributed by atoms with van der Waals surface area (Å²) in [6.45, 7) is 6.77. The molecule has 10 heteroatoms. The number of hydrogen-bond donors (Lipinski definition) is 1. The Morgan fingerprint density at radius 3 is 2.26 bits per heavy atom. The number of aryl methyl sites for hydroxylation is 1. The van der Waals surface area contributed by atoms with Gasteiger partial charge in [0.1, 0.15) is 12.6 Å². The normalized spacial score (nSPS) is 12.4. The fourth-order valence-corrected chi connectivity index (χ4v) is 4.93. The van der Waals surface area contributed by atoms with Gasteiger partial charge in [-0.25, -0.2) is 8.42 Å². The van der Waals surface area contributed by atoms with Crippen molar-refractivity contribution in [3.05, 3.63) is 63.6 Å². The Balaban J connectivity index is 2.49. The summed E-state index contributed by atoms with van der Waals surface area (Å²) in [4.78, 5) is 28.0. The predicted octanol–water partition coefficient (Wildman–Crippen LogP) is 4.40. The third kappa shape index (κ3) is 7.35. The Bertz CT molecular complexity index is 1140. The minimum Gasteiger partial charge on any atom is -0.352 e. The van der Waals surface area contributed by atoms with Crippen LogP contribution in [0.2, 0.25) is 10.0 Å². The zero-order chi connectivity index (χ0) is 25.6. The molecular formula is C24H31Cl2N3O4S. The standard InChI is InChI=1S/C24H31Cl2N3O4S/c1-6-21(24(31)27-16(2)3)28(14-18-9-7-8-10-20(18)26)23(30)15-29(34(5,32)33)22-12-11-19(25)13-17(22)4/h7-13,16,21H,6,14-15H2,1-5H3,(H,27,31). The molecular weight excluding hydrogens is 497 g/mol. The first-order chi connectivity index (χ1) is 15.8. The first-order valence-electron chi connectivity index (χ1n) is 10.9. The lowest BCUT2D eigenvalue weighted by atomic mass is 10.1. The van der Waals surface area contributed by atoms with E-state index in [2.05, 4.69) is 5.32 Å². The van der Waals surface area contributed by atoms with Gasteiger partial charge in [-0.1, -0.05) is 48.3 Å². The number of amides is 2. The van der Waals surface area contributed by atoms with E-state index in [0.29, 0.717) is 33.3 Å². The highest BCUT2D eigenvalue weighted by Gasteiger charge is 2.32. The summed E-state index contributed by atoms with van der Waals surface area (Å²) in [5.41, 5.74) is 1.60. The van der Waals surface area contributed by atoms with Crippen LogP contribution in [0.15, 0.2) is 42.5 Å². The number of nitrogens with zero attached hydrogens (tertiary/aromatic N) is 2. The molecule has 7 nitrogen and oxygen atoms in total. The summed E-state index contributed by atoms with van der Waals surface area (Å²) in [6, 6.07) is 10.9. The molecule has 1 atom stereocenters. The van der Waals surface area contributed by atoms with Gasteiger partial charge in [0.2, 0.25) is 21.8 Å². The number of halogens is 2. The summed E-state index contributed by atoms with van der Waals surface area (Å²) >= 11 is 12.4. The number of nitrogens with one attached hydrogen (secondary N) is 1. The molecule has 0 aromatic heterocycles. The van der Waals surface area contributed by atoms with Crippen molar-refractivity contribution >= 4 is 50.7 Å². The summed E-state index contributed by atoms with van der Waals surface area (Å²) in [5, 5.41) is 3.76. The minimum atomic E-state index is -3.82. The molecule has 0 aliphatic rings. The van der Waals surface area contributed by atoms with Crippen molar-refractivity contribution in [1.29, 1.82) is 0 Å². The number of sulfonamides is 1. The van der Waals surface area contributed by atoms with Crippen LogP contribution in [0.4, 0.5) is 5.69 Å². The smallest absolute Gasteiger partial charge is 0.244 e. The average Bonchev–Trinajstić information content (AvgIpc) is 2.72. The van der Waals surface area contributed by atoms with Crippen molar-refractivity contribution in [2.24, 2.45) is 0 Å². The Kier molecular flexibility index (Phi) is 9.79. The number of hydrogen-bond acceptors (Lipinski definition) is 4. The van der Waals surface area contributed by atoms with Gasteiger partial charge in [0.25, 0.3) is 0 Å². The Hall–Kier alpha value is -2.29. The van der Waals surface area contributed by atoms with E-state index in [-0.39, 0.29) is 18.5 Å². The Morgan fingerprint density at radius 2 is 1.74 bits per heavy atom. The van der Waals surface area contributed by atoms with Crippen molar-refractivity contribution in [3.8, 4) is 0 Å². The minimum absolute atomic E-state index is 0.0553. The van der Waals surface area contributed by atoms with E-state index in [4.69, 9.17) is 23.2 Å². The summed E-state index contributed by atoms with van der Waals surface area (Å²) < 4.78 is 26.4. The molecule has 0 aliphatic carbocycles. The quantitative estimate of drug-likeness (QED) is 0.495. The average molecular weight is 529 g/mol. The molecule has 0 saturated heterocycles. The van der Waals surface area contributed by atoms with Crippen molar-refractivity contribution in [2.45, 2.75) is 52.7 Å². The van der Waals surface area contributed by atoms with Gasteiger partial charge < -0.3 is 10.2 Å². The molecule has 34 heavy (non-hydrogen) atoms. The Labute approximate surface area is 212 Å². The molecule has 2 aromatic rings. The Morgan fingerprint density at radius 1 is 1.09 bits per heavy atom. The topological polar surface area (TPSA) is 86.8 Å². The predicted molar refractivity (Wildman–Crippen MR) is 138 cm³/mol. The third-order valence-electron chi connectivity index (χ3n) is 5.22. The van der Waals surface area contributed by atoms with Gasteiger partial charge in [-0.15, -0.1) is 0 Å². The van der Waals surface area contributed by atoms with Gasteiger partial charge in [0.05, 0.1) is 11.9 Å². The maximum absolute atomic E-state index is 13.6. The van der Waals surface area contributed by atoms with Crippen LogP contribution >= 0.6 is 23.2 Å². The highest BCUT2D eigenvalue weighted by molar-refractivity contribution is 7.92. The number of rotatable bonds is 10. The van der Waals surface area contributed by atoms with Crippen LogP contribution in [-0.2, 0) is 26.2 Å². The van der Waals surface area contributed by atoms with Gasteiger partial charge in [0.15, 0.2) is 0 Å². The zero-order valence-corrected chi connectivity index (χ0v) is 22.3. The number of carbonyl (C=O) groups excluding carboxylic acids is 2. The molecule has 0 radical (unpaired) electrons. The maximum Gasteiger partial charge on any atom is 0.244 e. The highest BCUT2D eigenvalue weighted by Crippen LogP contribution is 2.26. The van der Waals surface area contributed by atoms with E-state index in [1.807, 2.05) is 13.8 Å². The number of anilines is 1. The first-order valence-corrected chi connectivity index (χ1v) is 13.5. The first kappa shape index (κ1) is 28.0. The van der Waals surface area contributed by atoms with Crippen LogP contribution < -0.4 is 9.62 Å². The molecule has 1 unspecified atom stereocenters. The molecule has 1 N–H and O–H groups in total. The largest absolute Gasteiger partial charge is 0.352 e. The molecule has 186 valence electrons. The van der Waals surface area contributed by atoms with Crippen LogP contribution in [0, 0.1) is 6.92 Å².